The van der Waals surface area contributed by atoms with Gasteiger partial charge in [0.05, 0.1) is 12.6 Å². The summed E-state index contributed by atoms with van der Waals surface area (Å²) in [6.07, 6.45) is -1.15. The van der Waals surface area contributed by atoms with E-state index in [4.69, 9.17) is 4.74 Å². The van der Waals surface area contributed by atoms with E-state index in [9.17, 15) is 14.0 Å². The second-order valence-electron chi connectivity index (χ2n) is 4.23. The maximum atomic E-state index is 13.1. The number of halogens is 1. The largest absolute Gasteiger partial charge is 0.445 e. The lowest BCUT2D eigenvalue weighted by molar-refractivity contribution is -0.111. The molecule has 18 heavy (non-hydrogen) atoms. The summed E-state index contributed by atoms with van der Waals surface area (Å²) in [6, 6.07) is 8.49. The Bertz CT molecular complexity index is 424. The summed E-state index contributed by atoms with van der Waals surface area (Å²) in [6.45, 7) is 0.0513. The van der Waals surface area contributed by atoms with Gasteiger partial charge in [-0.3, -0.25) is 4.90 Å². The third-order valence-corrected chi connectivity index (χ3v) is 2.89. The summed E-state index contributed by atoms with van der Waals surface area (Å²) in [5.41, 5.74) is 0.851. The molecule has 1 aromatic rings. The molecule has 1 amide bonds. The number of carbonyl (C=O) groups is 2. The number of alkyl halides is 1. The first-order valence-electron chi connectivity index (χ1n) is 5.77. The molecule has 1 aromatic carbocycles. The van der Waals surface area contributed by atoms with E-state index >= 15 is 0 Å². The number of rotatable bonds is 3. The van der Waals surface area contributed by atoms with Gasteiger partial charge >= 0.3 is 6.09 Å². The van der Waals surface area contributed by atoms with Gasteiger partial charge < -0.3 is 9.53 Å². The van der Waals surface area contributed by atoms with Crippen LogP contribution in [0.15, 0.2) is 30.3 Å². The number of aldehydes is 1. The van der Waals surface area contributed by atoms with Gasteiger partial charge in [0.15, 0.2) is 0 Å². The molecule has 0 radical (unpaired) electrons. The molecule has 1 aliphatic heterocycles. The van der Waals surface area contributed by atoms with Gasteiger partial charge in [-0.2, -0.15) is 0 Å². The molecule has 1 fully saturated rings. The van der Waals surface area contributed by atoms with E-state index in [1.807, 2.05) is 30.3 Å². The number of carbonyl (C=O) groups excluding carboxylic acids is 2. The van der Waals surface area contributed by atoms with Crippen LogP contribution in [0.4, 0.5) is 9.18 Å². The van der Waals surface area contributed by atoms with Gasteiger partial charge in [0.2, 0.25) is 0 Å². The van der Waals surface area contributed by atoms with Crippen molar-refractivity contribution < 1.29 is 18.7 Å². The molecule has 1 aliphatic rings. The van der Waals surface area contributed by atoms with E-state index in [-0.39, 0.29) is 19.6 Å². The Balaban J connectivity index is 1.90. The monoisotopic (exact) mass is 251 g/mol. The Kier molecular flexibility index (Phi) is 3.92. The van der Waals surface area contributed by atoms with Crippen molar-refractivity contribution in [2.75, 3.05) is 6.54 Å². The molecule has 5 heteroatoms. The summed E-state index contributed by atoms with van der Waals surface area (Å²) >= 11 is 0. The highest BCUT2D eigenvalue weighted by atomic mass is 19.1. The van der Waals surface area contributed by atoms with Gasteiger partial charge in [-0.15, -0.1) is 0 Å². The van der Waals surface area contributed by atoms with Crippen molar-refractivity contribution in [3.63, 3.8) is 0 Å². The Morgan fingerprint density at radius 1 is 1.44 bits per heavy atom. The lowest BCUT2D eigenvalue weighted by Gasteiger charge is -2.19. The average Bonchev–Trinajstić information content (AvgIpc) is 2.78. The second kappa shape index (κ2) is 5.62. The van der Waals surface area contributed by atoms with Crippen molar-refractivity contribution in [3.05, 3.63) is 35.9 Å². The van der Waals surface area contributed by atoms with Gasteiger partial charge in [-0.25, -0.2) is 9.18 Å². The molecule has 1 saturated heterocycles. The van der Waals surface area contributed by atoms with E-state index in [0.717, 1.165) is 10.5 Å². The van der Waals surface area contributed by atoms with Gasteiger partial charge in [0.1, 0.15) is 19.1 Å². The summed E-state index contributed by atoms with van der Waals surface area (Å²) in [5, 5.41) is 0. The first-order valence-corrected chi connectivity index (χ1v) is 5.77. The number of benzene rings is 1. The molecular formula is C13H14FNO3. The van der Waals surface area contributed by atoms with Crippen molar-refractivity contribution >= 4 is 12.4 Å². The SMILES string of the molecule is O=C[C@@H]1C[C@H](F)CN1C(=O)OCc1ccccc1. The van der Waals surface area contributed by atoms with Gasteiger partial charge in [-0.1, -0.05) is 30.3 Å². The van der Waals surface area contributed by atoms with Crippen LogP contribution in [-0.4, -0.2) is 36.0 Å². The van der Waals surface area contributed by atoms with Crippen LogP contribution in [-0.2, 0) is 16.1 Å². The second-order valence-corrected chi connectivity index (χ2v) is 4.23. The van der Waals surface area contributed by atoms with Crippen LogP contribution in [0.5, 0.6) is 0 Å². The van der Waals surface area contributed by atoms with Crippen LogP contribution in [0.2, 0.25) is 0 Å². The number of hydrogen-bond acceptors (Lipinski definition) is 3. The molecule has 0 saturated carbocycles. The quantitative estimate of drug-likeness (QED) is 0.771. The molecule has 0 N–H and O–H groups in total. The summed E-state index contributed by atoms with van der Waals surface area (Å²) in [7, 11) is 0. The Morgan fingerprint density at radius 2 is 2.17 bits per heavy atom. The highest BCUT2D eigenvalue weighted by Gasteiger charge is 2.36. The highest BCUT2D eigenvalue weighted by Crippen LogP contribution is 2.20. The van der Waals surface area contributed by atoms with Crippen LogP contribution < -0.4 is 0 Å². The van der Waals surface area contributed by atoms with Gasteiger partial charge in [-0.05, 0) is 5.56 Å². The molecular weight excluding hydrogens is 237 g/mol. The first-order chi connectivity index (χ1) is 8.70. The standard InChI is InChI=1S/C13H14FNO3/c14-11-6-12(8-16)15(7-11)13(17)18-9-10-4-2-1-3-5-10/h1-5,8,11-12H,6-7,9H2/t11-,12-/m0/s1. The molecule has 0 spiro atoms. The lowest BCUT2D eigenvalue weighted by atomic mass is 10.2. The number of hydrogen-bond donors (Lipinski definition) is 0. The predicted molar refractivity (Wildman–Crippen MR) is 62.7 cm³/mol. The van der Waals surface area contributed by atoms with Crippen molar-refractivity contribution in [1.82, 2.24) is 4.90 Å². The van der Waals surface area contributed by atoms with Gasteiger partial charge in [0, 0.05) is 6.42 Å². The van der Waals surface area contributed by atoms with Crippen molar-refractivity contribution in [1.29, 1.82) is 0 Å². The fraction of sp³-hybridized carbons (Fsp3) is 0.385. The predicted octanol–water partition coefficient (Wildman–Crippen LogP) is 1.93. The van der Waals surface area contributed by atoms with E-state index in [1.165, 1.54) is 0 Å². The zero-order valence-corrected chi connectivity index (χ0v) is 9.79. The minimum absolute atomic E-state index is 0.0595. The van der Waals surface area contributed by atoms with Crippen molar-refractivity contribution in [2.45, 2.75) is 25.2 Å². The number of likely N-dealkylation sites (tertiary alicyclic amines) is 1. The lowest BCUT2D eigenvalue weighted by Crippen LogP contribution is -2.37. The van der Waals surface area contributed by atoms with Crippen LogP contribution in [0.1, 0.15) is 12.0 Å². The molecule has 0 bridgehead atoms. The fourth-order valence-electron chi connectivity index (χ4n) is 1.95. The summed E-state index contributed by atoms with van der Waals surface area (Å²) in [4.78, 5) is 23.6. The minimum Gasteiger partial charge on any atom is -0.445 e. The van der Waals surface area contributed by atoms with Crippen LogP contribution in [0.25, 0.3) is 0 Å². The van der Waals surface area contributed by atoms with Crippen molar-refractivity contribution in [3.8, 4) is 0 Å². The fourth-order valence-corrected chi connectivity index (χ4v) is 1.95. The smallest absolute Gasteiger partial charge is 0.410 e. The zero-order chi connectivity index (χ0) is 13.0. The highest BCUT2D eigenvalue weighted by molar-refractivity contribution is 5.74. The minimum atomic E-state index is -1.15. The Labute approximate surface area is 104 Å². The number of amides is 1. The summed E-state index contributed by atoms with van der Waals surface area (Å²) in [5.74, 6) is 0. The maximum Gasteiger partial charge on any atom is 0.410 e. The molecule has 0 aromatic heterocycles. The van der Waals surface area contributed by atoms with Crippen LogP contribution in [0.3, 0.4) is 0 Å². The molecule has 1 heterocycles. The normalized spacial score (nSPS) is 22.8. The molecule has 4 nitrogen and oxygen atoms in total. The Hall–Kier alpha value is -1.91. The average molecular weight is 251 g/mol. The van der Waals surface area contributed by atoms with Gasteiger partial charge in [0.25, 0.3) is 0 Å². The van der Waals surface area contributed by atoms with Crippen LogP contribution in [0, 0.1) is 0 Å². The van der Waals surface area contributed by atoms with E-state index < -0.39 is 18.3 Å². The van der Waals surface area contributed by atoms with Crippen molar-refractivity contribution in [2.24, 2.45) is 0 Å². The molecule has 2 atom stereocenters. The van der Waals surface area contributed by atoms with E-state index in [0.29, 0.717) is 6.29 Å². The van der Waals surface area contributed by atoms with Crippen LogP contribution >= 0.6 is 0 Å². The number of ether oxygens (including phenoxy) is 1. The Morgan fingerprint density at radius 3 is 2.83 bits per heavy atom. The molecule has 2 rings (SSSR count). The number of nitrogens with zero attached hydrogens (tertiary/aromatic N) is 1. The molecule has 0 unspecified atom stereocenters. The molecule has 0 aliphatic carbocycles. The third kappa shape index (κ3) is 2.85. The van der Waals surface area contributed by atoms with E-state index in [2.05, 4.69) is 0 Å². The molecule has 96 valence electrons. The third-order valence-electron chi connectivity index (χ3n) is 2.89. The zero-order valence-electron chi connectivity index (χ0n) is 9.79. The maximum absolute atomic E-state index is 13.1. The summed E-state index contributed by atoms with van der Waals surface area (Å²) < 4.78 is 18.2. The first kappa shape index (κ1) is 12.5. The topological polar surface area (TPSA) is 46.6 Å². The van der Waals surface area contributed by atoms with E-state index in [1.54, 1.807) is 0 Å².